The Kier molecular flexibility index (Phi) is 24.8. The number of nitrogens with two attached hydrogens (primary N) is 1. The molecule has 0 aliphatic heterocycles. The zero-order chi connectivity index (χ0) is 58.1. The quantitative estimate of drug-likeness (QED) is 0.0151. The summed E-state index contributed by atoms with van der Waals surface area (Å²) in [6.45, 7) is 6.37. The number of methoxy groups -OCH3 is 5. The molecule has 0 fully saturated rings. The summed E-state index contributed by atoms with van der Waals surface area (Å²) < 4.78 is 33.5. The van der Waals surface area contributed by atoms with Crippen molar-refractivity contribution in [2.24, 2.45) is 0 Å². The largest absolute Gasteiger partial charge is 0.507 e. The van der Waals surface area contributed by atoms with Crippen LogP contribution in [0.5, 0.6) is 23.0 Å². The molecule has 18 nitrogen and oxygen atoms in total. The average molecular weight is 1190 g/mol. The second-order valence-corrected chi connectivity index (χ2v) is 22.4. The summed E-state index contributed by atoms with van der Waals surface area (Å²) >= 11 is 1.97. The van der Waals surface area contributed by atoms with Crippen LogP contribution in [-0.2, 0) is 23.7 Å². The van der Waals surface area contributed by atoms with Crippen LogP contribution >= 0.6 is 22.6 Å². The number of carbonyl (C=O) groups excluding carboxylic acids is 6. The lowest BCUT2D eigenvalue weighted by Gasteiger charge is -2.05. The lowest BCUT2D eigenvalue weighted by molar-refractivity contribution is 0.0591. The van der Waals surface area contributed by atoms with Gasteiger partial charge in [-0.3, -0.25) is 4.79 Å². The molecule has 0 atom stereocenters. The van der Waals surface area contributed by atoms with Crippen LogP contribution in [0.4, 0.5) is 5.69 Å². The number of hydrogen-bond acceptors (Lipinski definition) is 18. The molecule has 0 bridgehead atoms. The molecular weight excluding hydrogens is 1140 g/mol. The Morgan fingerprint density at radius 3 is 1.32 bits per heavy atom. The van der Waals surface area contributed by atoms with Crippen molar-refractivity contribution in [3.8, 4) is 46.8 Å². The maximum atomic E-state index is 11.2. The predicted molar refractivity (Wildman–Crippen MR) is 302 cm³/mol. The van der Waals surface area contributed by atoms with Crippen LogP contribution in [0.15, 0.2) is 143 Å². The topological polar surface area (TPSA) is 282 Å². The first-order chi connectivity index (χ1) is 37.0. The molecule has 0 saturated carbocycles. The highest BCUT2D eigenvalue weighted by Crippen LogP contribution is 2.23. The minimum absolute atomic E-state index is 0.0126. The van der Waals surface area contributed by atoms with Gasteiger partial charge in [0.05, 0.1) is 96.3 Å². The molecule has 6 N–H and O–H groups in total. The molecule has 6 aromatic carbocycles. The SMILES string of the molecule is C#Cc1ccc(C(=O)OC)cc1O.COC(=O)c1ccc(C#C[Si](C)(C)C)c(O)c1.COC(=O)c1ccc(I)c(O)c1.COC(=O)c1ccc(N)c(O)c1.COC(=O)c1ccc2ccoc2c1.O=Cc1ccc2ccoc2c1. The number of benzene rings is 6. The summed E-state index contributed by atoms with van der Waals surface area (Å²) in [6, 6.07) is 32.0. The molecule has 2 heterocycles. The van der Waals surface area contributed by atoms with E-state index in [1.807, 2.05) is 46.9 Å². The van der Waals surface area contributed by atoms with Gasteiger partial charge in [0, 0.05) is 16.3 Å². The fraction of sp³-hybridized carbons (Fsp3) is 0.138. The summed E-state index contributed by atoms with van der Waals surface area (Å²) in [7, 11) is 5.04. The number of rotatable bonds is 6. The van der Waals surface area contributed by atoms with Gasteiger partial charge < -0.3 is 58.7 Å². The number of halogens is 1. The number of furan rings is 2. The number of phenolic OH excluding ortho intramolecular Hbond substituents is 4. The zero-order valence-electron chi connectivity index (χ0n) is 43.4. The number of aromatic hydroxyl groups is 4. The van der Waals surface area contributed by atoms with Crippen molar-refractivity contribution >= 4 is 94.4 Å². The second-order valence-electron chi connectivity index (χ2n) is 16.5. The van der Waals surface area contributed by atoms with Gasteiger partial charge in [0.2, 0.25) is 0 Å². The number of hydrogen-bond donors (Lipinski definition) is 5. The molecule has 0 aliphatic carbocycles. The van der Waals surface area contributed by atoms with Crippen LogP contribution in [0.3, 0.4) is 0 Å². The van der Waals surface area contributed by atoms with Gasteiger partial charge in [-0.2, -0.15) is 0 Å². The van der Waals surface area contributed by atoms with E-state index in [1.54, 1.807) is 61.1 Å². The molecule has 404 valence electrons. The van der Waals surface area contributed by atoms with E-state index in [1.165, 1.54) is 84.1 Å². The van der Waals surface area contributed by atoms with Crippen molar-refractivity contribution < 1.29 is 81.7 Å². The summed E-state index contributed by atoms with van der Waals surface area (Å²) in [4.78, 5) is 65.5. The van der Waals surface area contributed by atoms with E-state index >= 15 is 0 Å². The molecule has 0 unspecified atom stereocenters. The van der Waals surface area contributed by atoms with Crippen LogP contribution in [0.1, 0.15) is 73.3 Å². The molecule has 0 aliphatic rings. The molecule has 78 heavy (non-hydrogen) atoms. The van der Waals surface area contributed by atoms with Crippen LogP contribution in [0.2, 0.25) is 19.6 Å². The van der Waals surface area contributed by atoms with Crippen molar-refractivity contribution in [1.29, 1.82) is 0 Å². The van der Waals surface area contributed by atoms with E-state index in [2.05, 4.69) is 60.7 Å². The van der Waals surface area contributed by atoms with Crippen molar-refractivity contribution in [3.05, 3.63) is 182 Å². The molecule has 0 radical (unpaired) electrons. The standard InChI is InChI=1S/C13H16O3Si.2C10H8O3.C9H6O2.C8H7IO3.C8H9NO3/c1-16-13(15)11-6-5-10(12(14)9-11)7-8-17(2,3)4;1-12-10(11)8-3-2-7-4-5-13-9(7)6-8;1-3-7-4-5-8(6-9(7)11)10(12)13-2;10-6-7-1-2-8-3-4-11-9(8)5-7;2*1-12-8(11)5-2-3-6(9)7(10)4-5/h5-6,9,14H,1-4H3;2-6H,1H3;1,4-6,11H,2H3;1-6H;2-4,10H,1H3;2-4,10H,9H2,1H3. The number of terminal acetylenes is 1. The summed E-state index contributed by atoms with van der Waals surface area (Å²) in [5, 5.41) is 39.4. The number of phenols is 4. The van der Waals surface area contributed by atoms with Crippen molar-refractivity contribution in [3.63, 3.8) is 0 Å². The summed E-state index contributed by atoms with van der Waals surface area (Å²) in [6.07, 6.45) is 9.09. The maximum absolute atomic E-state index is 11.2. The second kappa shape index (κ2) is 30.8. The molecule has 2 aromatic heterocycles. The predicted octanol–water partition coefficient (Wildman–Crippen LogP) is 10.6. The number of aldehydes is 1. The van der Waals surface area contributed by atoms with Crippen molar-refractivity contribution in [2.45, 2.75) is 19.6 Å². The third kappa shape index (κ3) is 19.6. The fourth-order valence-corrected chi connectivity index (χ4v) is 6.67. The minimum atomic E-state index is -1.47. The highest BCUT2D eigenvalue weighted by Gasteiger charge is 2.12. The van der Waals surface area contributed by atoms with Crippen LogP contribution in [0.25, 0.3) is 21.9 Å². The molecule has 0 spiro atoms. The van der Waals surface area contributed by atoms with E-state index in [4.69, 9.17) is 26.1 Å². The summed E-state index contributed by atoms with van der Waals surface area (Å²) in [5.74, 6) is 2.87. The van der Waals surface area contributed by atoms with Crippen LogP contribution < -0.4 is 5.73 Å². The molecule has 0 amide bonds. The van der Waals surface area contributed by atoms with Gasteiger partial charge in [-0.15, -0.1) is 12.0 Å². The Hall–Kier alpha value is -9.51. The van der Waals surface area contributed by atoms with E-state index in [0.717, 1.165) is 22.6 Å². The van der Waals surface area contributed by atoms with E-state index < -0.39 is 32.0 Å². The zero-order valence-corrected chi connectivity index (χ0v) is 46.6. The maximum Gasteiger partial charge on any atom is 0.337 e. The van der Waals surface area contributed by atoms with Gasteiger partial charge in [-0.1, -0.05) is 49.7 Å². The molecular formula is C58H54INO17Si. The Labute approximate surface area is 463 Å². The van der Waals surface area contributed by atoms with Gasteiger partial charge >= 0.3 is 29.8 Å². The average Bonchev–Trinajstić information content (AvgIpc) is 4.13. The molecule has 0 saturated heterocycles. The van der Waals surface area contributed by atoms with Gasteiger partial charge in [0.25, 0.3) is 0 Å². The van der Waals surface area contributed by atoms with Crippen LogP contribution in [-0.4, -0.2) is 100 Å². The summed E-state index contributed by atoms with van der Waals surface area (Å²) in [5.41, 5.74) is 13.5. The van der Waals surface area contributed by atoms with Gasteiger partial charge in [0.1, 0.15) is 48.5 Å². The normalized spacial score (nSPS) is 9.79. The Morgan fingerprint density at radius 2 is 0.910 bits per heavy atom. The third-order valence-corrected chi connectivity index (χ3v) is 11.7. The Balaban J connectivity index is 0.000000247. The van der Waals surface area contributed by atoms with E-state index in [0.29, 0.717) is 42.5 Å². The van der Waals surface area contributed by atoms with E-state index in [-0.39, 0.29) is 45.8 Å². The monoisotopic (exact) mass is 1190 g/mol. The smallest absolute Gasteiger partial charge is 0.337 e. The number of ether oxygens (including phenoxy) is 5. The number of esters is 5. The number of anilines is 1. The van der Waals surface area contributed by atoms with Crippen LogP contribution in [0, 0.1) is 27.4 Å². The number of carbonyl (C=O) groups is 6. The highest BCUT2D eigenvalue weighted by atomic mass is 127. The van der Waals surface area contributed by atoms with Crippen molar-refractivity contribution in [1.82, 2.24) is 0 Å². The first kappa shape index (κ1) is 62.8. The Morgan fingerprint density at radius 1 is 0.526 bits per heavy atom. The minimum Gasteiger partial charge on any atom is -0.507 e. The number of nitrogen functional groups attached to an aromatic ring is 1. The lowest BCUT2D eigenvalue weighted by Crippen LogP contribution is -2.16. The lowest BCUT2D eigenvalue weighted by atomic mass is 10.1. The van der Waals surface area contributed by atoms with Gasteiger partial charge in [-0.25, -0.2) is 24.0 Å². The van der Waals surface area contributed by atoms with E-state index in [9.17, 15) is 44.1 Å². The van der Waals surface area contributed by atoms with Gasteiger partial charge in [0.15, 0.2) is 0 Å². The highest BCUT2D eigenvalue weighted by molar-refractivity contribution is 14.1. The Bertz CT molecular complexity index is 3440. The third-order valence-electron chi connectivity index (χ3n) is 9.88. The number of fused-ring (bicyclic) bond motifs is 2. The fourth-order valence-electron chi connectivity index (χ4n) is 5.83. The molecule has 8 aromatic rings. The van der Waals surface area contributed by atoms with Crippen molar-refractivity contribution in [2.75, 3.05) is 41.3 Å². The molecule has 20 heteroatoms. The first-order valence-electron chi connectivity index (χ1n) is 22.6. The van der Waals surface area contributed by atoms with Gasteiger partial charge in [-0.05, 0) is 126 Å². The first-order valence-corrected chi connectivity index (χ1v) is 27.1. The molecule has 8 rings (SSSR count).